The maximum Gasteiger partial charge on any atom is 0.163 e. The number of nitrogens with two attached hydrogens (primary N) is 1. The summed E-state index contributed by atoms with van der Waals surface area (Å²) in [6.07, 6.45) is 2.12. The van der Waals surface area contributed by atoms with Gasteiger partial charge in [0.1, 0.15) is 0 Å². The van der Waals surface area contributed by atoms with Gasteiger partial charge in [-0.1, -0.05) is 30.3 Å². The SMILES string of the molecule is NC(=S)NCCCc1ccccc1. The second-order valence-electron chi connectivity index (χ2n) is 2.88. The summed E-state index contributed by atoms with van der Waals surface area (Å²) >= 11 is 4.69. The normalized spacial score (nSPS) is 9.54. The molecule has 13 heavy (non-hydrogen) atoms. The summed E-state index contributed by atoms with van der Waals surface area (Å²) in [6, 6.07) is 10.4. The van der Waals surface area contributed by atoms with Gasteiger partial charge in [-0.05, 0) is 30.6 Å². The summed E-state index contributed by atoms with van der Waals surface area (Å²) < 4.78 is 0. The Bertz CT molecular complexity index is 259. The Morgan fingerprint density at radius 3 is 2.62 bits per heavy atom. The third-order valence-corrected chi connectivity index (χ3v) is 1.93. The van der Waals surface area contributed by atoms with Gasteiger partial charge in [0, 0.05) is 6.54 Å². The maximum atomic E-state index is 5.29. The quantitative estimate of drug-likeness (QED) is 0.563. The van der Waals surface area contributed by atoms with E-state index >= 15 is 0 Å². The van der Waals surface area contributed by atoms with Crippen molar-refractivity contribution in [1.82, 2.24) is 5.32 Å². The van der Waals surface area contributed by atoms with Crippen molar-refractivity contribution < 1.29 is 0 Å². The van der Waals surface area contributed by atoms with E-state index in [-0.39, 0.29) is 0 Å². The number of hydrogen-bond acceptors (Lipinski definition) is 1. The fraction of sp³-hybridized carbons (Fsp3) is 0.300. The predicted molar refractivity (Wildman–Crippen MR) is 59.6 cm³/mol. The van der Waals surface area contributed by atoms with Crippen LogP contribution in [-0.4, -0.2) is 11.7 Å². The zero-order chi connectivity index (χ0) is 9.52. The summed E-state index contributed by atoms with van der Waals surface area (Å²) in [5.41, 5.74) is 6.65. The van der Waals surface area contributed by atoms with Crippen LogP contribution in [0, 0.1) is 0 Å². The van der Waals surface area contributed by atoms with Crippen molar-refractivity contribution in [3.05, 3.63) is 35.9 Å². The smallest absolute Gasteiger partial charge is 0.163 e. The molecule has 0 fully saturated rings. The van der Waals surface area contributed by atoms with Gasteiger partial charge in [0.15, 0.2) is 5.11 Å². The molecule has 0 heterocycles. The Morgan fingerprint density at radius 2 is 2.00 bits per heavy atom. The minimum atomic E-state index is 0.382. The Kier molecular flexibility index (Phi) is 4.26. The van der Waals surface area contributed by atoms with Crippen LogP contribution in [-0.2, 0) is 6.42 Å². The van der Waals surface area contributed by atoms with E-state index in [2.05, 4.69) is 29.6 Å². The molecule has 0 radical (unpaired) electrons. The first-order chi connectivity index (χ1) is 6.29. The van der Waals surface area contributed by atoms with Gasteiger partial charge in [0.05, 0.1) is 0 Å². The van der Waals surface area contributed by atoms with E-state index in [9.17, 15) is 0 Å². The predicted octanol–water partition coefficient (Wildman–Crippen LogP) is 1.45. The number of benzene rings is 1. The number of hydrogen-bond donors (Lipinski definition) is 2. The van der Waals surface area contributed by atoms with Gasteiger partial charge in [0.25, 0.3) is 0 Å². The van der Waals surface area contributed by atoms with Gasteiger partial charge in [-0.25, -0.2) is 0 Å². The maximum absolute atomic E-state index is 5.29. The molecule has 1 aromatic carbocycles. The molecule has 0 aromatic heterocycles. The van der Waals surface area contributed by atoms with Crippen LogP contribution < -0.4 is 11.1 Å². The number of aryl methyl sites for hydroxylation is 1. The third kappa shape index (κ3) is 4.48. The van der Waals surface area contributed by atoms with Crippen molar-refractivity contribution in [3.63, 3.8) is 0 Å². The molecule has 0 aliphatic heterocycles. The molecule has 1 aromatic rings. The minimum Gasteiger partial charge on any atom is -0.376 e. The lowest BCUT2D eigenvalue weighted by Gasteiger charge is -2.03. The third-order valence-electron chi connectivity index (χ3n) is 1.78. The summed E-state index contributed by atoms with van der Waals surface area (Å²) in [5, 5.41) is 3.31. The highest BCUT2D eigenvalue weighted by molar-refractivity contribution is 7.80. The fourth-order valence-electron chi connectivity index (χ4n) is 1.15. The van der Waals surface area contributed by atoms with Crippen LogP contribution in [0.1, 0.15) is 12.0 Å². The topological polar surface area (TPSA) is 38.0 Å². The monoisotopic (exact) mass is 194 g/mol. The van der Waals surface area contributed by atoms with Gasteiger partial charge >= 0.3 is 0 Å². The zero-order valence-corrected chi connectivity index (χ0v) is 8.31. The first kappa shape index (κ1) is 9.99. The van der Waals surface area contributed by atoms with Gasteiger partial charge < -0.3 is 11.1 Å². The van der Waals surface area contributed by atoms with E-state index in [0.717, 1.165) is 19.4 Å². The second kappa shape index (κ2) is 5.54. The second-order valence-corrected chi connectivity index (χ2v) is 3.32. The van der Waals surface area contributed by atoms with Gasteiger partial charge in [-0.15, -0.1) is 0 Å². The molecule has 3 N–H and O–H groups in total. The number of thiocarbonyl (C=S) groups is 1. The lowest BCUT2D eigenvalue weighted by Crippen LogP contribution is -2.29. The molecular formula is C10H14N2S. The van der Waals surface area contributed by atoms with Crippen LogP contribution in [0.3, 0.4) is 0 Å². The fourth-order valence-corrected chi connectivity index (χ4v) is 1.25. The summed E-state index contributed by atoms with van der Waals surface area (Å²) in [6.45, 7) is 0.851. The van der Waals surface area contributed by atoms with Crippen molar-refractivity contribution >= 4 is 17.3 Å². The summed E-state index contributed by atoms with van der Waals surface area (Å²) in [5.74, 6) is 0. The molecular weight excluding hydrogens is 180 g/mol. The molecule has 2 nitrogen and oxygen atoms in total. The van der Waals surface area contributed by atoms with Crippen molar-refractivity contribution in [2.75, 3.05) is 6.54 Å². The van der Waals surface area contributed by atoms with Crippen molar-refractivity contribution in [2.24, 2.45) is 5.73 Å². The van der Waals surface area contributed by atoms with Crippen LogP contribution in [0.25, 0.3) is 0 Å². The Hall–Kier alpha value is -1.09. The largest absolute Gasteiger partial charge is 0.376 e. The average molecular weight is 194 g/mol. The molecule has 0 unspecified atom stereocenters. The highest BCUT2D eigenvalue weighted by atomic mass is 32.1. The molecule has 0 atom stereocenters. The van der Waals surface area contributed by atoms with E-state index in [1.807, 2.05) is 6.07 Å². The van der Waals surface area contributed by atoms with Crippen molar-refractivity contribution in [2.45, 2.75) is 12.8 Å². The first-order valence-electron chi connectivity index (χ1n) is 4.36. The minimum absolute atomic E-state index is 0.382. The standard InChI is InChI=1S/C10H14N2S/c11-10(13)12-8-4-7-9-5-2-1-3-6-9/h1-3,5-6H,4,7-8H2,(H3,11,12,13). The van der Waals surface area contributed by atoms with Crippen LogP contribution in [0.5, 0.6) is 0 Å². The van der Waals surface area contributed by atoms with Gasteiger partial charge in [-0.3, -0.25) is 0 Å². The Morgan fingerprint density at radius 1 is 1.31 bits per heavy atom. The molecule has 3 heteroatoms. The van der Waals surface area contributed by atoms with E-state index < -0.39 is 0 Å². The van der Waals surface area contributed by atoms with Crippen molar-refractivity contribution in [1.29, 1.82) is 0 Å². The Balaban J connectivity index is 2.17. The van der Waals surface area contributed by atoms with E-state index in [1.54, 1.807) is 0 Å². The first-order valence-corrected chi connectivity index (χ1v) is 4.77. The highest BCUT2D eigenvalue weighted by Crippen LogP contribution is 2.00. The van der Waals surface area contributed by atoms with Crippen LogP contribution in [0.4, 0.5) is 0 Å². The Labute approximate surface area is 84.1 Å². The average Bonchev–Trinajstić information content (AvgIpc) is 2.14. The molecule has 0 saturated heterocycles. The van der Waals surface area contributed by atoms with Crippen LogP contribution in [0.15, 0.2) is 30.3 Å². The molecule has 0 spiro atoms. The lowest BCUT2D eigenvalue weighted by atomic mass is 10.1. The molecule has 0 saturated carbocycles. The van der Waals surface area contributed by atoms with E-state index in [0.29, 0.717) is 5.11 Å². The van der Waals surface area contributed by atoms with Gasteiger partial charge in [-0.2, -0.15) is 0 Å². The zero-order valence-electron chi connectivity index (χ0n) is 7.49. The summed E-state index contributed by atoms with van der Waals surface area (Å²) in [7, 11) is 0. The van der Waals surface area contributed by atoms with E-state index in [4.69, 9.17) is 18.0 Å². The highest BCUT2D eigenvalue weighted by Gasteiger charge is 1.91. The van der Waals surface area contributed by atoms with Crippen molar-refractivity contribution in [3.8, 4) is 0 Å². The van der Waals surface area contributed by atoms with Crippen LogP contribution in [0.2, 0.25) is 0 Å². The van der Waals surface area contributed by atoms with E-state index in [1.165, 1.54) is 5.56 Å². The number of nitrogens with one attached hydrogen (secondary N) is 1. The lowest BCUT2D eigenvalue weighted by molar-refractivity contribution is 0.775. The molecule has 0 bridgehead atoms. The van der Waals surface area contributed by atoms with Crippen LogP contribution >= 0.6 is 12.2 Å². The molecule has 0 aliphatic rings. The summed E-state index contributed by atoms with van der Waals surface area (Å²) in [4.78, 5) is 0. The molecule has 70 valence electrons. The molecule has 1 rings (SSSR count). The molecule has 0 amide bonds. The number of rotatable bonds is 4. The van der Waals surface area contributed by atoms with Gasteiger partial charge in [0.2, 0.25) is 0 Å². The molecule has 0 aliphatic carbocycles.